The first kappa shape index (κ1) is 26.9. The number of fused-ring (bicyclic) bond motifs is 1. The molecule has 1 aromatic heterocycles. The molecule has 2 unspecified atom stereocenters. The van der Waals surface area contributed by atoms with Gasteiger partial charge in [0, 0.05) is 18.8 Å². The fraction of sp³-hybridized carbons (Fsp3) is 0.406. The van der Waals surface area contributed by atoms with Crippen LogP contribution in [0.25, 0.3) is 11.1 Å². The molecule has 0 aliphatic carbocycles. The molecule has 1 saturated heterocycles. The van der Waals surface area contributed by atoms with Gasteiger partial charge in [0.2, 0.25) is 5.91 Å². The molecule has 2 aromatic carbocycles. The zero-order valence-electron chi connectivity index (χ0n) is 22.4. The number of carboxylic acids is 1. The predicted octanol–water partition coefficient (Wildman–Crippen LogP) is 5.08. The van der Waals surface area contributed by atoms with Crippen LogP contribution >= 0.6 is 0 Å². The monoisotopic (exact) mass is 526 g/mol. The van der Waals surface area contributed by atoms with Gasteiger partial charge in [0.15, 0.2) is 0 Å². The highest BCUT2D eigenvalue weighted by Crippen LogP contribution is 2.26. The number of carbonyl (C=O) groups excluding carboxylic acids is 1. The minimum absolute atomic E-state index is 0.0570. The van der Waals surface area contributed by atoms with Gasteiger partial charge in [-0.1, -0.05) is 54.6 Å². The predicted molar refractivity (Wildman–Crippen MR) is 154 cm³/mol. The maximum absolute atomic E-state index is 13.3. The third kappa shape index (κ3) is 7.24. The largest absolute Gasteiger partial charge is 0.481 e. The summed E-state index contributed by atoms with van der Waals surface area (Å²) in [7, 11) is 0. The number of hydrogen-bond acceptors (Lipinski definition) is 5. The third-order valence-electron chi connectivity index (χ3n) is 7.83. The van der Waals surface area contributed by atoms with Crippen LogP contribution in [0.15, 0.2) is 66.7 Å². The van der Waals surface area contributed by atoms with Crippen molar-refractivity contribution in [2.24, 2.45) is 5.92 Å². The van der Waals surface area contributed by atoms with Gasteiger partial charge in [-0.3, -0.25) is 9.59 Å². The maximum Gasteiger partial charge on any atom is 0.305 e. The van der Waals surface area contributed by atoms with Crippen molar-refractivity contribution in [3.63, 3.8) is 0 Å². The second kappa shape index (κ2) is 12.9. The Labute approximate surface area is 230 Å². The number of aromatic nitrogens is 1. The third-order valence-corrected chi connectivity index (χ3v) is 7.83. The lowest BCUT2D eigenvalue weighted by Crippen LogP contribution is -2.44. The Hall–Kier alpha value is -3.71. The van der Waals surface area contributed by atoms with Crippen molar-refractivity contribution < 1.29 is 14.7 Å². The molecule has 0 spiro atoms. The number of amides is 1. The summed E-state index contributed by atoms with van der Waals surface area (Å²) in [6, 6.07) is 21.6. The van der Waals surface area contributed by atoms with Crippen molar-refractivity contribution in [2.45, 2.75) is 51.0 Å². The minimum atomic E-state index is -0.929. The summed E-state index contributed by atoms with van der Waals surface area (Å²) in [4.78, 5) is 32.2. The number of aliphatic carboxylic acids is 1. The molecule has 1 amide bonds. The number of carboxylic acid groups (broad SMARTS) is 1. The first-order valence-corrected chi connectivity index (χ1v) is 14.2. The molecule has 0 saturated carbocycles. The van der Waals surface area contributed by atoms with Crippen LogP contribution in [0, 0.1) is 5.92 Å². The number of nitrogens with one attached hydrogen (secondary N) is 2. The lowest BCUT2D eigenvalue weighted by Gasteiger charge is -2.33. The number of likely N-dealkylation sites (tertiary alicyclic amines) is 1. The Morgan fingerprint density at radius 1 is 1.05 bits per heavy atom. The van der Waals surface area contributed by atoms with E-state index >= 15 is 0 Å². The van der Waals surface area contributed by atoms with Crippen LogP contribution in [0.3, 0.4) is 0 Å². The van der Waals surface area contributed by atoms with Gasteiger partial charge >= 0.3 is 5.97 Å². The number of pyridine rings is 1. The van der Waals surface area contributed by atoms with Crippen LogP contribution in [-0.2, 0) is 22.4 Å². The van der Waals surface area contributed by atoms with E-state index in [4.69, 9.17) is 4.98 Å². The van der Waals surface area contributed by atoms with Crippen LogP contribution in [0.4, 0.5) is 5.82 Å². The van der Waals surface area contributed by atoms with Gasteiger partial charge in [-0.2, -0.15) is 0 Å². The molecule has 39 heavy (non-hydrogen) atoms. The van der Waals surface area contributed by atoms with E-state index < -0.39 is 12.0 Å². The highest BCUT2D eigenvalue weighted by molar-refractivity contribution is 5.80. The van der Waals surface area contributed by atoms with Crippen LogP contribution in [0.1, 0.15) is 55.0 Å². The summed E-state index contributed by atoms with van der Waals surface area (Å²) < 4.78 is 0. The summed E-state index contributed by atoms with van der Waals surface area (Å²) in [5.41, 5.74) is 5.30. The second-order valence-corrected chi connectivity index (χ2v) is 10.7. The second-order valence-electron chi connectivity index (χ2n) is 10.7. The molecule has 3 heterocycles. The van der Waals surface area contributed by atoms with Crippen molar-refractivity contribution >= 4 is 17.7 Å². The Balaban J connectivity index is 1.17. The summed E-state index contributed by atoms with van der Waals surface area (Å²) in [5, 5.41) is 16.1. The quantitative estimate of drug-likeness (QED) is 0.341. The number of nitrogens with zero attached hydrogens (tertiary/aromatic N) is 2. The van der Waals surface area contributed by atoms with Crippen LogP contribution < -0.4 is 10.6 Å². The fourth-order valence-electron chi connectivity index (χ4n) is 5.75. The average Bonchev–Trinajstić information content (AvgIpc) is 2.97. The number of anilines is 1. The molecule has 7 nitrogen and oxygen atoms in total. The SMILES string of the molecule is O=C(O)CC(NC(=O)C1CCCN(CCCc2ccc3c(n2)NCCC3)C1)c1cccc(-c2ccccc2)c1. The van der Waals surface area contributed by atoms with Crippen LogP contribution in [0.5, 0.6) is 0 Å². The zero-order chi connectivity index (χ0) is 27.0. The van der Waals surface area contributed by atoms with Gasteiger partial charge in [0.25, 0.3) is 0 Å². The number of rotatable bonds is 10. The molecular formula is C32H38N4O3. The van der Waals surface area contributed by atoms with Crippen molar-refractivity contribution in [3.8, 4) is 11.1 Å². The van der Waals surface area contributed by atoms with Gasteiger partial charge < -0.3 is 20.6 Å². The Kier molecular flexibility index (Phi) is 8.89. The van der Waals surface area contributed by atoms with Crippen molar-refractivity contribution in [1.82, 2.24) is 15.2 Å². The lowest BCUT2D eigenvalue weighted by atomic mass is 9.94. The summed E-state index contributed by atoms with van der Waals surface area (Å²) in [6.07, 6.45) is 5.81. The normalized spacial score (nSPS) is 18.0. The van der Waals surface area contributed by atoms with Gasteiger partial charge in [-0.15, -0.1) is 0 Å². The molecule has 2 aliphatic heterocycles. The number of aryl methyl sites for hydroxylation is 2. The molecule has 0 radical (unpaired) electrons. The van der Waals surface area contributed by atoms with Gasteiger partial charge in [0.1, 0.15) is 5.82 Å². The summed E-state index contributed by atoms with van der Waals surface area (Å²) >= 11 is 0. The molecule has 0 bridgehead atoms. The highest BCUT2D eigenvalue weighted by atomic mass is 16.4. The Bertz CT molecular complexity index is 1280. The maximum atomic E-state index is 13.3. The first-order chi connectivity index (χ1) is 19.0. The van der Waals surface area contributed by atoms with Gasteiger partial charge in [-0.05, 0) is 86.0 Å². The molecule has 2 aliphatic rings. The van der Waals surface area contributed by atoms with Crippen molar-refractivity contribution in [2.75, 3.05) is 31.5 Å². The standard InChI is InChI=1S/C32H38N4O3/c37-30(38)21-29(26-11-4-10-25(20-26)23-8-2-1-3-9-23)35-32(39)27-13-6-18-36(22-27)19-7-14-28-16-15-24-12-5-17-33-31(24)34-28/h1-4,8-11,15-16,20,27,29H,5-7,12-14,17-19,21-22H2,(H,33,34)(H,35,39)(H,37,38). The number of carbonyl (C=O) groups is 2. The summed E-state index contributed by atoms with van der Waals surface area (Å²) in [6.45, 7) is 3.61. The van der Waals surface area contributed by atoms with Gasteiger partial charge in [-0.25, -0.2) is 4.98 Å². The van der Waals surface area contributed by atoms with Crippen molar-refractivity contribution in [3.05, 3.63) is 83.6 Å². The lowest BCUT2D eigenvalue weighted by molar-refractivity contribution is -0.138. The molecule has 1 fully saturated rings. The van der Waals surface area contributed by atoms with E-state index in [0.717, 1.165) is 86.4 Å². The molecule has 7 heteroatoms. The molecule has 5 rings (SSSR count). The van der Waals surface area contributed by atoms with E-state index in [2.05, 4.69) is 27.7 Å². The Morgan fingerprint density at radius 2 is 1.90 bits per heavy atom. The zero-order valence-corrected chi connectivity index (χ0v) is 22.4. The van der Waals surface area contributed by atoms with Gasteiger partial charge in [0.05, 0.1) is 18.4 Å². The van der Waals surface area contributed by atoms with E-state index in [0.29, 0.717) is 6.54 Å². The summed E-state index contributed by atoms with van der Waals surface area (Å²) in [5.74, 6) is -0.0859. The Morgan fingerprint density at radius 3 is 2.74 bits per heavy atom. The minimum Gasteiger partial charge on any atom is -0.481 e. The molecule has 3 N–H and O–H groups in total. The molecule has 2 atom stereocenters. The van der Waals surface area contributed by atoms with E-state index in [1.807, 2.05) is 54.6 Å². The van der Waals surface area contributed by atoms with E-state index in [-0.39, 0.29) is 18.2 Å². The van der Waals surface area contributed by atoms with Crippen LogP contribution in [0.2, 0.25) is 0 Å². The van der Waals surface area contributed by atoms with Crippen LogP contribution in [-0.4, -0.2) is 53.0 Å². The van der Waals surface area contributed by atoms with Crippen molar-refractivity contribution in [1.29, 1.82) is 0 Å². The first-order valence-electron chi connectivity index (χ1n) is 14.2. The fourth-order valence-corrected chi connectivity index (χ4v) is 5.75. The number of piperidine rings is 1. The molecular weight excluding hydrogens is 488 g/mol. The van der Waals surface area contributed by atoms with E-state index in [1.54, 1.807) is 0 Å². The number of hydrogen-bond donors (Lipinski definition) is 3. The molecule has 3 aromatic rings. The highest BCUT2D eigenvalue weighted by Gasteiger charge is 2.28. The number of benzene rings is 2. The average molecular weight is 527 g/mol. The topological polar surface area (TPSA) is 94.6 Å². The molecule has 204 valence electrons. The van der Waals surface area contributed by atoms with E-state index in [1.165, 1.54) is 5.56 Å². The smallest absolute Gasteiger partial charge is 0.305 e. The van der Waals surface area contributed by atoms with E-state index in [9.17, 15) is 14.7 Å².